The van der Waals surface area contributed by atoms with E-state index in [-0.39, 0.29) is 23.6 Å². The van der Waals surface area contributed by atoms with Gasteiger partial charge in [0, 0.05) is 26.3 Å². The third-order valence-electron chi connectivity index (χ3n) is 10.6. The Morgan fingerprint density at radius 3 is 1.06 bits per heavy atom. The SMILES string of the molecule is C1CCOC1.CCCCCCN1C(=O)c2cc3cc4c(cc3cc2C1=O)Cc1cc2cc3c(cc2cc1C4)C(=O)N(CCCCCC)C3=O. The van der Waals surface area contributed by atoms with Crippen LogP contribution in [0.5, 0.6) is 0 Å². The van der Waals surface area contributed by atoms with Gasteiger partial charge in [0.2, 0.25) is 0 Å². The van der Waals surface area contributed by atoms with Gasteiger partial charge < -0.3 is 4.74 Å². The molecule has 0 aromatic heterocycles. The van der Waals surface area contributed by atoms with E-state index in [1.54, 1.807) is 0 Å². The van der Waals surface area contributed by atoms with Crippen molar-refractivity contribution in [1.29, 1.82) is 0 Å². The summed E-state index contributed by atoms with van der Waals surface area (Å²) in [6, 6.07) is 16.3. The Morgan fingerprint density at radius 2 is 0.796 bits per heavy atom. The van der Waals surface area contributed by atoms with E-state index in [1.165, 1.54) is 44.9 Å². The van der Waals surface area contributed by atoms with Gasteiger partial charge in [-0.05, 0) is 107 Å². The molecule has 0 bridgehead atoms. The zero-order valence-electron chi connectivity index (χ0n) is 28.9. The van der Waals surface area contributed by atoms with Crippen LogP contribution in [0.3, 0.4) is 0 Å². The summed E-state index contributed by atoms with van der Waals surface area (Å²) in [7, 11) is 0. The number of amides is 4. The van der Waals surface area contributed by atoms with Crippen LogP contribution < -0.4 is 0 Å². The van der Waals surface area contributed by atoms with E-state index in [4.69, 9.17) is 4.74 Å². The highest BCUT2D eigenvalue weighted by atomic mass is 16.5. The van der Waals surface area contributed by atoms with Crippen molar-refractivity contribution in [2.24, 2.45) is 0 Å². The average molecular weight is 659 g/mol. The number of ether oxygens (including phenoxy) is 1. The molecule has 3 heterocycles. The molecule has 1 fully saturated rings. The molecule has 7 heteroatoms. The fourth-order valence-electron chi connectivity index (χ4n) is 7.74. The fourth-order valence-corrected chi connectivity index (χ4v) is 7.74. The molecule has 49 heavy (non-hydrogen) atoms. The van der Waals surface area contributed by atoms with E-state index in [0.29, 0.717) is 35.3 Å². The number of hydrogen-bond donors (Lipinski definition) is 0. The Hall–Kier alpha value is -4.36. The first-order chi connectivity index (χ1) is 23.9. The number of fused-ring (bicyclic) bond motifs is 6. The van der Waals surface area contributed by atoms with Crippen LogP contribution in [0.2, 0.25) is 0 Å². The largest absolute Gasteiger partial charge is 0.381 e. The summed E-state index contributed by atoms with van der Waals surface area (Å²) in [6.45, 7) is 7.24. The molecule has 3 aliphatic heterocycles. The molecular formula is C42H46N2O5. The average Bonchev–Trinajstić information content (AvgIpc) is 3.82. The Balaban J connectivity index is 0.000000695. The quantitative estimate of drug-likeness (QED) is 0.111. The first-order valence-corrected chi connectivity index (χ1v) is 18.4. The Kier molecular flexibility index (Phi) is 9.64. The Bertz CT molecular complexity index is 1710. The van der Waals surface area contributed by atoms with Gasteiger partial charge in [0.05, 0.1) is 22.3 Å². The van der Waals surface area contributed by atoms with E-state index < -0.39 is 0 Å². The standard InChI is InChI=1S/C38H38N2O4.C4H8O/c1-3-5-7-9-11-39-35(41)31-19-27-15-23-13-25-17-29-21-33-34(38(44)40(37(33)43)12-10-8-6-4-2)22-30(29)18-26(25)14-24(23)16-28(27)20-32(31)36(39)42;1-2-4-5-3-1/h15-22H,3-14H2,1-2H3;1-4H2. The molecule has 4 aromatic rings. The summed E-state index contributed by atoms with van der Waals surface area (Å²) in [6.07, 6.45) is 12.2. The van der Waals surface area contributed by atoms with Crippen molar-refractivity contribution in [2.45, 2.75) is 90.9 Å². The maximum atomic E-state index is 13.2. The Labute approximate surface area is 288 Å². The highest BCUT2D eigenvalue weighted by Crippen LogP contribution is 2.37. The molecule has 254 valence electrons. The van der Waals surface area contributed by atoms with Crippen LogP contribution in [-0.2, 0) is 17.6 Å². The van der Waals surface area contributed by atoms with Gasteiger partial charge in [-0.25, -0.2) is 0 Å². The van der Waals surface area contributed by atoms with Gasteiger partial charge in [0.15, 0.2) is 0 Å². The molecule has 0 saturated carbocycles. The lowest BCUT2D eigenvalue weighted by Gasteiger charge is -2.21. The van der Waals surface area contributed by atoms with Gasteiger partial charge in [0.1, 0.15) is 0 Å². The van der Waals surface area contributed by atoms with Crippen molar-refractivity contribution in [1.82, 2.24) is 9.80 Å². The molecule has 1 aliphatic carbocycles. The van der Waals surface area contributed by atoms with Crippen LogP contribution in [0.25, 0.3) is 21.5 Å². The van der Waals surface area contributed by atoms with Crippen LogP contribution in [0.4, 0.5) is 0 Å². The lowest BCUT2D eigenvalue weighted by atomic mass is 9.82. The molecule has 4 aliphatic rings. The zero-order chi connectivity index (χ0) is 34.1. The van der Waals surface area contributed by atoms with E-state index >= 15 is 0 Å². The molecule has 0 spiro atoms. The van der Waals surface area contributed by atoms with Crippen molar-refractivity contribution < 1.29 is 23.9 Å². The second kappa shape index (κ2) is 14.2. The van der Waals surface area contributed by atoms with Crippen LogP contribution in [0, 0.1) is 0 Å². The molecule has 4 amide bonds. The van der Waals surface area contributed by atoms with Crippen LogP contribution in [-0.4, -0.2) is 59.7 Å². The summed E-state index contributed by atoms with van der Waals surface area (Å²) in [4.78, 5) is 55.5. The number of rotatable bonds is 10. The minimum Gasteiger partial charge on any atom is -0.381 e. The maximum Gasteiger partial charge on any atom is 0.261 e. The predicted octanol–water partition coefficient (Wildman–Crippen LogP) is 8.64. The first-order valence-electron chi connectivity index (χ1n) is 18.4. The summed E-state index contributed by atoms with van der Waals surface area (Å²) >= 11 is 0. The molecule has 1 saturated heterocycles. The molecule has 0 radical (unpaired) electrons. The number of unbranched alkanes of at least 4 members (excludes halogenated alkanes) is 6. The third-order valence-corrected chi connectivity index (χ3v) is 10.6. The van der Waals surface area contributed by atoms with E-state index in [1.807, 2.05) is 24.3 Å². The van der Waals surface area contributed by atoms with Crippen molar-refractivity contribution >= 4 is 45.2 Å². The number of carbonyl (C=O) groups excluding carboxylic acids is 4. The van der Waals surface area contributed by atoms with Gasteiger partial charge in [-0.3, -0.25) is 29.0 Å². The number of imide groups is 2. The summed E-state index contributed by atoms with van der Waals surface area (Å²) in [5.74, 6) is -0.730. The van der Waals surface area contributed by atoms with Gasteiger partial charge in [-0.15, -0.1) is 0 Å². The second-order valence-corrected chi connectivity index (χ2v) is 14.0. The van der Waals surface area contributed by atoms with E-state index in [0.717, 1.165) is 99.0 Å². The smallest absolute Gasteiger partial charge is 0.261 e. The van der Waals surface area contributed by atoms with Crippen LogP contribution in [0.1, 0.15) is 142 Å². The molecule has 0 unspecified atom stereocenters. The number of carbonyl (C=O) groups is 4. The number of benzene rings is 4. The predicted molar refractivity (Wildman–Crippen MR) is 193 cm³/mol. The van der Waals surface area contributed by atoms with Gasteiger partial charge in [0.25, 0.3) is 23.6 Å². The van der Waals surface area contributed by atoms with Crippen molar-refractivity contribution in [2.75, 3.05) is 26.3 Å². The van der Waals surface area contributed by atoms with Crippen LogP contribution >= 0.6 is 0 Å². The Morgan fingerprint density at radius 1 is 0.469 bits per heavy atom. The number of nitrogens with zero attached hydrogens (tertiary/aromatic N) is 2. The van der Waals surface area contributed by atoms with Gasteiger partial charge >= 0.3 is 0 Å². The molecule has 0 atom stereocenters. The topological polar surface area (TPSA) is 84.0 Å². The lowest BCUT2D eigenvalue weighted by molar-refractivity contribution is 0.0636. The van der Waals surface area contributed by atoms with Gasteiger partial charge in [-0.2, -0.15) is 0 Å². The van der Waals surface area contributed by atoms with E-state index in [9.17, 15) is 19.2 Å². The molecule has 0 N–H and O–H groups in total. The zero-order valence-corrected chi connectivity index (χ0v) is 28.9. The molecule has 8 rings (SSSR count). The van der Waals surface area contributed by atoms with Crippen molar-refractivity contribution in [3.8, 4) is 0 Å². The summed E-state index contributed by atoms with van der Waals surface area (Å²) in [5.41, 5.74) is 6.87. The minimum absolute atomic E-state index is 0.182. The molecular weight excluding hydrogens is 612 g/mol. The first kappa shape index (κ1) is 33.2. The minimum atomic E-state index is -0.182. The monoisotopic (exact) mass is 658 g/mol. The maximum absolute atomic E-state index is 13.2. The summed E-state index contributed by atoms with van der Waals surface area (Å²) in [5, 5.41) is 3.90. The van der Waals surface area contributed by atoms with Gasteiger partial charge in [-0.1, -0.05) is 76.6 Å². The van der Waals surface area contributed by atoms with Crippen molar-refractivity contribution in [3.05, 3.63) is 93.0 Å². The molecule has 7 nitrogen and oxygen atoms in total. The number of hydrogen-bond acceptors (Lipinski definition) is 5. The van der Waals surface area contributed by atoms with E-state index in [2.05, 4.69) is 38.1 Å². The van der Waals surface area contributed by atoms with Crippen LogP contribution in [0.15, 0.2) is 48.5 Å². The highest BCUT2D eigenvalue weighted by Gasteiger charge is 2.37. The molecule has 4 aromatic carbocycles. The normalized spacial score (nSPS) is 16.3. The van der Waals surface area contributed by atoms with Crippen molar-refractivity contribution in [3.63, 3.8) is 0 Å². The highest BCUT2D eigenvalue weighted by molar-refractivity contribution is 6.24. The fraction of sp³-hybridized carbons (Fsp3) is 0.429. The third kappa shape index (κ3) is 6.41. The summed E-state index contributed by atoms with van der Waals surface area (Å²) < 4.78 is 4.94. The second-order valence-electron chi connectivity index (χ2n) is 14.0. The lowest BCUT2D eigenvalue weighted by Crippen LogP contribution is -2.30.